The lowest BCUT2D eigenvalue weighted by atomic mass is 9.96. The lowest BCUT2D eigenvalue weighted by Crippen LogP contribution is -2.57. The summed E-state index contributed by atoms with van der Waals surface area (Å²) in [7, 11) is 0. The number of hydrogen-bond donors (Lipinski definition) is 6. The number of carbonyl (C=O) groups is 4. The summed E-state index contributed by atoms with van der Waals surface area (Å²) >= 11 is 0. The van der Waals surface area contributed by atoms with Crippen LogP contribution in [0.25, 0.3) is 0 Å². The topological polar surface area (TPSA) is 179 Å². The van der Waals surface area contributed by atoms with E-state index < -0.39 is 41.9 Å². The molecule has 0 aliphatic heterocycles. The maximum atomic E-state index is 12.8. The van der Waals surface area contributed by atoms with Gasteiger partial charge in [-0.25, -0.2) is 4.79 Å². The summed E-state index contributed by atoms with van der Waals surface area (Å²) in [5.41, 5.74) is 6.30. The molecule has 0 bridgehead atoms. The van der Waals surface area contributed by atoms with E-state index in [1.54, 1.807) is 19.1 Å². The zero-order valence-corrected chi connectivity index (χ0v) is 17.0. The van der Waals surface area contributed by atoms with Gasteiger partial charge in [0.15, 0.2) is 0 Å². The molecular formula is C20H29N3O7. The molecule has 166 valence electrons. The van der Waals surface area contributed by atoms with Crippen molar-refractivity contribution in [3.05, 3.63) is 29.8 Å². The van der Waals surface area contributed by atoms with Crippen LogP contribution in [-0.2, 0) is 25.6 Å². The van der Waals surface area contributed by atoms with Gasteiger partial charge in [0.2, 0.25) is 11.8 Å². The molecule has 0 saturated carbocycles. The van der Waals surface area contributed by atoms with Crippen molar-refractivity contribution in [2.24, 2.45) is 11.7 Å². The molecule has 0 aliphatic rings. The first kappa shape index (κ1) is 24.9. The van der Waals surface area contributed by atoms with Crippen LogP contribution >= 0.6 is 0 Å². The fraction of sp³-hybridized carbons (Fsp3) is 0.500. The fourth-order valence-electron chi connectivity index (χ4n) is 2.70. The summed E-state index contributed by atoms with van der Waals surface area (Å²) in [6.45, 7) is 3.54. The highest BCUT2D eigenvalue weighted by atomic mass is 16.4. The van der Waals surface area contributed by atoms with Gasteiger partial charge < -0.3 is 31.7 Å². The van der Waals surface area contributed by atoms with Crippen LogP contribution in [0.2, 0.25) is 0 Å². The minimum atomic E-state index is -1.25. The smallest absolute Gasteiger partial charge is 0.326 e. The van der Waals surface area contributed by atoms with E-state index >= 15 is 0 Å². The van der Waals surface area contributed by atoms with Gasteiger partial charge >= 0.3 is 11.9 Å². The first-order valence-corrected chi connectivity index (χ1v) is 9.64. The number of phenolic OH excluding ortho intramolecular Hbond substituents is 1. The van der Waals surface area contributed by atoms with Crippen molar-refractivity contribution >= 4 is 23.8 Å². The lowest BCUT2D eigenvalue weighted by molar-refractivity contribution is -0.142. The molecule has 0 fully saturated rings. The van der Waals surface area contributed by atoms with Crippen LogP contribution in [0, 0.1) is 5.92 Å². The van der Waals surface area contributed by atoms with Crippen molar-refractivity contribution in [3.8, 4) is 5.75 Å². The number of rotatable bonds is 12. The molecule has 0 aliphatic carbocycles. The van der Waals surface area contributed by atoms with Crippen LogP contribution in [-0.4, -0.2) is 57.2 Å². The molecular weight excluding hydrogens is 394 g/mol. The van der Waals surface area contributed by atoms with Crippen molar-refractivity contribution in [3.63, 3.8) is 0 Å². The third kappa shape index (κ3) is 8.08. The second-order valence-corrected chi connectivity index (χ2v) is 7.18. The van der Waals surface area contributed by atoms with Crippen LogP contribution < -0.4 is 16.4 Å². The molecule has 4 atom stereocenters. The van der Waals surface area contributed by atoms with Crippen LogP contribution in [0.1, 0.15) is 38.7 Å². The maximum Gasteiger partial charge on any atom is 0.326 e. The zero-order valence-electron chi connectivity index (χ0n) is 17.0. The molecule has 1 rings (SSSR count). The predicted molar refractivity (Wildman–Crippen MR) is 108 cm³/mol. The first-order valence-electron chi connectivity index (χ1n) is 9.64. The number of nitrogens with two attached hydrogens (primary N) is 1. The summed E-state index contributed by atoms with van der Waals surface area (Å²) in [5.74, 6) is -3.97. The van der Waals surface area contributed by atoms with Gasteiger partial charge in [0, 0.05) is 12.8 Å². The second kappa shape index (κ2) is 11.8. The summed E-state index contributed by atoms with van der Waals surface area (Å²) in [6.07, 6.45) is 0.135. The maximum absolute atomic E-state index is 12.8. The third-order valence-electron chi connectivity index (χ3n) is 4.79. The molecule has 30 heavy (non-hydrogen) atoms. The summed E-state index contributed by atoms with van der Waals surface area (Å²) in [4.78, 5) is 47.3. The number of carboxylic acids is 2. The Morgan fingerprint density at radius 3 is 2.13 bits per heavy atom. The number of aliphatic carboxylic acids is 2. The molecule has 7 N–H and O–H groups in total. The van der Waals surface area contributed by atoms with E-state index in [2.05, 4.69) is 10.6 Å². The molecule has 1 aromatic carbocycles. The van der Waals surface area contributed by atoms with Gasteiger partial charge in [-0.1, -0.05) is 32.4 Å². The Hall–Kier alpha value is -3.14. The predicted octanol–water partition coefficient (Wildman–Crippen LogP) is 0.227. The van der Waals surface area contributed by atoms with E-state index in [9.17, 15) is 29.4 Å². The Bertz CT molecular complexity index is 751. The summed E-state index contributed by atoms with van der Waals surface area (Å²) in [5, 5.41) is 32.5. The Labute approximate surface area is 174 Å². The molecule has 2 amide bonds. The summed E-state index contributed by atoms with van der Waals surface area (Å²) in [6, 6.07) is 2.55. The first-order chi connectivity index (χ1) is 14.0. The average Bonchev–Trinajstić information content (AvgIpc) is 2.70. The number of amides is 2. The van der Waals surface area contributed by atoms with Gasteiger partial charge in [-0.15, -0.1) is 0 Å². The van der Waals surface area contributed by atoms with Crippen molar-refractivity contribution < 1.29 is 34.5 Å². The van der Waals surface area contributed by atoms with Gasteiger partial charge in [-0.05, 0) is 30.0 Å². The Morgan fingerprint density at radius 1 is 1.03 bits per heavy atom. The minimum absolute atomic E-state index is 0.0132. The highest BCUT2D eigenvalue weighted by molar-refractivity contribution is 5.92. The van der Waals surface area contributed by atoms with E-state index in [0.717, 1.165) is 0 Å². The van der Waals surface area contributed by atoms with Gasteiger partial charge in [0.05, 0.1) is 6.04 Å². The highest BCUT2D eigenvalue weighted by Gasteiger charge is 2.31. The number of carbonyl (C=O) groups excluding carboxylic acids is 2. The minimum Gasteiger partial charge on any atom is -0.508 e. The Kier molecular flexibility index (Phi) is 9.76. The molecule has 10 heteroatoms. The number of benzene rings is 1. The van der Waals surface area contributed by atoms with Crippen molar-refractivity contribution in [2.75, 3.05) is 0 Å². The van der Waals surface area contributed by atoms with E-state index in [1.807, 2.05) is 6.92 Å². The standard InChI is InChI=1S/C20H29N3O7/c1-3-11(2)17(23-18(27)14(21)8-9-16(25)26)19(28)22-15(20(29)30)10-12-4-6-13(24)7-5-12/h4-7,11,14-15,17,24H,3,8-10,21H2,1-2H3,(H,22,28)(H,23,27)(H,25,26)(H,29,30)/t11-,14-,15-,17-/m0/s1. The molecule has 0 unspecified atom stereocenters. The van der Waals surface area contributed by atoms with Gasteiger partial charge in [-0.3, -0.25) is 14.4 Å². The van der Waals surface area contributed by atoms with Crippen LogP contribution in [0.4, 0.5) is 0 Å². The van der Waals surface area contributed by atoms with Gasteiger partial charge in [-0.2, -0.15) is 0 Å². The second-order valence-electron chi connectivity index (χ2n) is 7.18. The van der Waals surface area contributed by atoms with E-state index in [0.29, 0.717) is 12.0 Å². The quantitative estimate of drug-likeness (QED) is 0.276. The number of hydrogen-bond acceptors (Lipinski definition) is 6. The lowest BCUT2D eigenvalue weighted by Gasteiger charge is -2.26. The zero-order chi connectivity index (χ0) is 22.8. The third-order valence-corrected chi connectivity index (χ3v) is 4.79. The van der Waals surface area contributed by atoms with Gasteiger partial charge in [0.25, 0.3) is 0 Å². The van der Waals surface area contributed by atoms with Crippen molar-refractivity contribution in [1.29, 1.82) is 0 Å². The molecule has 0 saturated heterocycles. The largest absolute Gasteiger partial charge is 0.508 e. The highest BCUT2D eigenvalue weighted by Crippen LogP contribution is 2.13. The number of aromatic hydroxyl groups is 1. The fourth-order valence-corrected chi connectivity index (χ4v) is 2.70. The SMILES string of the molecule is CC[C@H](C)[C@H](NC(=O)[C@@H](N)CCC(=O)O)C(=O)N[C@@H](Cc1ccc(O)cc1)C(=O)O. The Morgan fingerprint density at radius 2 is 1.63 bits per heavy atom. The van der Waals surface area contributed by atoms with Gasteiger partial charge in [0.1, 0.15) is 17.8 Å². The number of nitrogens with one attached hydrogen (secondary N) is 2. The van der Waals surface area contributed by atoms with Crippen molar-refractivity contribution in [2.45, 2.75) is 57.7 Å². The molecule has 0 aromatic heterocycles. The number of carboxylic acid groups (broad SMARTS) is 2. The summed E-state index contributed by atoms with van der Waals surface area (Å²) < 4.78 is 0. The molecule has 0 heterocycles. The number of phenols is 1. The molecule has 1 aromatic rings. The Balaban J connectivity index is 2.86. The monoisotopic (exact) mass is 423 g/mol. The average molecular weight is 423 g/mol. The van der Waals surface area contributed by atoms with Crippen molar-refractivity contribution in [1.82, 2.24) is 10.6 Å². The van der Waals surface area contributed by atoms with E-state index in [4.69, 9.17) is 10.8 Å². The molecule has 10 nitrogen and oxygen atoms in total. The van der Waals surface area contributed by atoms with Crippen LogP contribution in [0.15, 0.2) is 24.3 Å². The van der Waals surface area contributed by atoms with Crippen LogP contribution in [0.3, 0.4) is 0 Å². The van der Waals surface area contributed by atoms with Crippen LogP contribution in [0.5, 0.6) is 5.75 Å². The van der Waals surface area contributed by atoms with E-state index in [1.165, 1.54) is 12.1 Å². The molecule has 0 radical (unpaired) electrons. The molecule has 0 spiro atoms. The van der Waals surface area contributed by atoms with E-state index in [-0.39, 0.29) is 30.9 Å². The normalized spacial score (nSPS) is 14.8.